The van der Waals surface area contributed by atoms with Crippen molar-refractivity contribution >= 4 is 29.2 Å². The smallest absolute Gasteiger partial charge is 0.352 e. The van der Waals surface area contributed by atoms with Crippen LogP contribution >= 0.6 is 23.2 Å². The minimum Gasteiger partial charge on any atom is -0.477 e. The number of benzene rings is 1. The van der Waals surface area contributed by atoms with Gasteiger partial charge in [0.2, 0.25) is 0 Å². The van der Waals surface area contributed by atoms with Crippen LogP contribution in [-0.2, 0) is 6.54 Å². The monoisotopic (exact) mass is 287 g/mol. The van der Waals surface area contributed by atoms with Crippen molar-refractivity contribution in [2.75, 3.05) is 0 Å². The van der Waals surface area contributed by atoms with Gasteiger partial charge in [-0.25, -0.2) is 9.18 Å². The topological polar surface area (TPSA) is 42.2 Å². The van der Waals surface area contributed by atoms with Gasteiger partial charge >= 0.3 is 5.97 Å². The summed E-state index contributed by atoms with van der Waals surface area (Å²) in [5, 5.41) is 9.33. The van der Waals surface area contributed by atoms with E-state index in [-0.39, 0.29) is 17.3 Å². The van der Waals surface area contributed by atoms with E-state index in [4.69, 9.17) is 28.3 Å². The highest BCUT2D eigenvalue weighted by molar-refractivity contribution is 6.31. The molecule has 0 saturated heterocycles. The van der Waals surface area contributed by atoms with Crippen molar-refractivity contribution in [1.29, 1.82) is 0 Å². The van der Waals surface area contributed by atoms with Gasteiger partial charge in [-0.05, 0) is 23.8 Å². The van der Waals surface area contributed by atoms with E-state index in [1.807, 2.05) is 0 Å². The molecular weight excluding hydrogens is 280 g/mol. The molecular formula is C12H8Cl2FNO2. The molecule has 0 spiro atoms. The Labute approximate surface area is 112 Å². The molecule has 0 radical (unpaired) electrons. The molecule has 1 heterocycles. The van der Waals surface area contributed by atoms with Crippen molar-refractivity contribution in [3.63, 3.8) is 0 Å². The number of halogens is 3. The van der Waals surface area contributed by atoms with Crippen LogP contribution in [-0.4, -0.2) is 15.6 Å². The molecule has 94 valence electrons. The van der Waals surface area contributed by atoms with Crippen LogP contribution in [0.25, 0.3) is 0 Å². The summed E-state index contributed by atoms with van der Waals surface area (Å²) in [6.45, 7) is 0.258. The van der Waals surface area contributed by atoms with E-state index in [2.05, 4.69) is 0 Å². The second-order valence-corrected chi connectivity index (χ2v) is 4.57. The lowest BCUT2D eigenvalue weighted by molar-refractivity contribution is 0.0685. The van der Waals surface area contributed by atoms with Crippen molar-refractivity contribution in [3.05, 3.63) is 57.6 Å². The molecule has 0 aliphatic heterocycles. The quantitative estimate of drug-likeness (QED) is 0.936. The molecule has 0 aliphatic rings. The minimum atomic E-state index is -1.07. The molecule has 3 nitrogen and oxygen atoms in total. The number of carboxylic acid groups (broad SMARTS) is 1. The van der Waals surface area contributed by atoms with Gasteiger partial charge in [-0.3, -0.25) is 0 Å². The van der Waals surface area contributed by atoms with Gasteiger partial charge in [-0.2, -0.15) is 0 Å². The summed E-state index contributed by atoms with van der Waals surface area (Å²) in [7, 11) is 0. The molecule has 2 aromatic rings. The maximum atomic E-state index is 13.0. The van der Waals surface area contributed by atoms with Crippen LogP contribution in [0.15, 0.2) is 30.5 Å². The van der Waals surface area contributed by atoms with Crippen molar-refractivity contribution < 1.29 is 14.3 Å². The molecule has 0 bridgehead atoms. The van der Waals surface area contributed by atoms with Gasteiger partial charge in [0, 0.05) is 12.7 Å². The summed E-state index contributed by atoms with van der Waals surface area (Å²) in [5.74, 6) is -1.58. The fraction of sp³-hybridized carbons (Fsp3) is 0.0833. The van der Waals surface area contributed by atoms with E-state index in [1.54, 1.807) is 6.07 Å². The van der Waals surface area contributed by atoms with Gasteiger partial charge in [-0.15, -0.1) is 0 Å². The molecule has 0 fully saturated rings. The fourth-order valence-corrected chi connectivity index (χ4v) is 2.04. The van der Waals surface area contributed by atoms with Crippen LogP contribution in [0.1, 0.15) is 16.1 Å². The van der Waals surface area contributed by atoms with Crippen molar-refractivity contribution in [2.45, 2.75) is 6.54 Å². The van der Waals surface area contributed by atoms with Gasteiger partial charge in [0.15, 0.2) is 0 Å². The van der Waals surface area contributed by atoms with Crippen molar-refractivity contribution in [3.8, 4) is 0 Å². The molecule has 18 heavy (non-hydrogen) atoms. The number of carbonyl (C=O) groups is 1. The summed E-state index contributed by atoms with van der Waals surface area (Å²) in [6.07, 6.45) is 1.50. The van der Waals surface area contributed by atoms with E-state index in [0.717, 1.165) is 0 Å². The lowest BCUT2D eigenvalue weighted by atomic mass is 10.2. The highest BCUT2D eigenvalue weighted by Gasteiger charge is 2.12. The second-order valence-electron chi connectivity index (χ2n) is 3.73. The average Bonchev–Trinajstić information content (AvgIpc) is 2.65. The van der Waals surface area contributed by atoms with Crippen LogP contribution in [0.4, 0.5) is 4.39 Å². The Kier molecular flexibility index (Phi) is 3.59. The van der Waals surface area contributed by atoms with Crippen LogP contribution in [0, 0.1) is 5.82 Å². The standard InChI is InChI=1S/C12H8Cl2FNO2/c13-8-4-11(12(17)18)16(6-8)5-7-1-2-10(15)9(14)3-7/h1-4,6H,5H2,(H,17,18). The van der Waals surface area contributed by atoms with E-state index < -0.39 is 11.8 Å². The SMILES string of the molecule is O=C(O)c1cc(Cl)cn1Cc1ccc(F)c(Cl)c1. The summed E-state index contributed by atoms with van der Waals surface area (Å²) >= 11 is 11.4. The first-order valence-electron chi connectivity index (χ1n) is 5.00. The third-order valence-electron chi connectivity index (χ3n) is 2.42. The van der Waals surface area contributed by atoms with Crippen LogP contribution in [0.5, 0.6) is 0 Å². The van der Waals surface area contributed by atoms with E-state index >= 15 is 0 Å². The minimum absolute atomic E-state index is 0.00243. The zero-order valence-corrected chi connectivity index (χ0v) is 10.5. The maximum absolute atomic E-state index is 13.0. The van der Waals surface area contributed by atoms with Crippen LogP contribution in [0.3, 0.4) is 0 Å². The van der Waals surface area contributed by atoms with Gasteiger partial charge in [0.25, 0.3) is 0 Å². The van der Waals surface area contributed by atoms with E-state index in [9.17, 15) is 9.18 Å². The second kappa shape index (κ2) is 5.00. The molecule has 0 aliphatic carbocycles. The summed E-state index contributed by atoms with van der Waals surface area (Å²) in [5.41, 5.74) is 0.761. The van der Waals surface area contributed by atoms with Gasteiger partial charge in [0.05, 0.1) is 10.0 Å². The molecule has 1 aromatic heterocycles. The first kappa shape index (κ1) is 12.9. The lowest BCUT2D eigenvalue weighted by Crippen LogP contribution is -2.08. The molecule has 6 heteroatoms. The molecule has 1 N–H and O–H groups in total. The summed E-state index contributed by atoms with van der Waals surface area (Å²) in [4.78, 5) is 11.0. The van der Waals surface area contributed by atoms with Crippen LogP contribution < -0.4 is 0 Å². The Morgan fingerprint density at radius 3 is 2.67 bits per heavy atom. The first-order valence-corrected chi connectivity index (χ1v) is 5.76. The normalized spacial score (nSPS) is 10.6. The Hall–Kier alpha value is -1.52. The van der Waals surface area contributed by atoms with Gasteiger partial charge in [-0.1, -0.05) is 29.3 Å². The Balaban J connectivity index is 2.33. The lowest BCUT2D eigenvalue weighted by Gasteiger charge is -2.07. The zero-order chi connectivity index (χ0) is 13.3. The third kappa shape index (κ3) is 2.66. The average molecular weight is 288 g/mol. The van der Waals surface area contributed by atoms with Gasteiger partial charge in [0.1, 0.15) is 11.5 Å². The predicted octanol–water partition coefficient (Wildman–Crippen LogP) is 3.68. The zero-order valence-electron chi connectivity index (χ0n) is 9.03. The van der Waals surface area contributed by atoms with Crippen LogP contribution in [0.2, 0.25) is 10.0 Å². The maximum Gasteiger partial charge on any atom is 0.352 e. The summed E-state index contributed by atoms with van der Waals surface area (Å²) in [6, 6.07) is 5.59. The third-order valence-corrected chi connectivity index (χ3v) is 2.92. The van der Waals surface area contributed by atoms with Crippen molar-refractivity contribution in [2.24, 2.45) is 0 Å². The number of hydrogen-bond acceptors (Lipinski definition) is 1. The first-order chi connectivity index (χ1) is 8.47. The Morgan fingerprint density at radius 1 is 1.33 bits per heavy atom. The molecule has 0 amide bonds. The largest absolute Gasteiger partial charge is 0.477 e. The number of aromatic carboxylic acids is 1. The molecule has 0 saturated carbocycles. The number of hydrogen-bond donors (Lipinski definition) is 1. The summed E-state index contributed by atoms with van der Waals surface area (Å²) < 4.78 is 14.5. The number of aromatic nitrogens is 1. The van der Waals surface area contributed by atoms with E-state index in [0.29, 0.717) is 10.6 Å². The van der Waals surface area contributed by atoms with Gasteiger partial charge < -0.3 is 9.67 Å². The highest BCUT2D eigenvalue weighted by Crippen LogP contribution is 2.19. The van der Waals surface area contributed by atoms with Crippen molar-refractivity contribution in [1.82, 2.24) is 4.57 Å². The number of nitrogens with zero attached hydrogens (tertiary/aromatic N) is 1. The molecule has 2 rings (SSSR count). The Bertz CT molecular complexity index is 610. The van der Waals surface area contributed by atoms with E-state index in [1.165, 1.54) is 29.0 Å². The highest BCUT2D eigenvalue weighted by atomic mass is 35.5. The molecule has 0 atom stereocenters. The Morgan fingerprint density at radius 2 is 2.06 bits per heavy atom. The molecule has 0 unspecified atom stereocenters. The number of rotatable bonds is 3. The predicted molar refractivity (Wildman–Crippen MR) is 66.9 cm³/mol. The fourth-order valence-electron chi connectivity index (χ4n) is 1.62. The molecule has 1 aromatic carbocycles. The number of carboxylic acids is 1.